The topological polar surface area (TPSA) is 101 Å². The lowest BCUT2D eigenvalue weighted by Gasteiger charge is -2.13. The largest absolute Gasteiger partial charge is 0.481 e. The number of methoxy groups -OCH3 is 1. The molecule has 0 saturated heterocycles. The molecule has 0 aromatic rings. The Morgan fingerprint density at radius 1 is 1.31 bits per heavy atom. The van der Waals surface area contributed by atoms with Gasteiger partial charge in [0.15, 0.2) is 0 Å². The van der Waals surface area contributed by atoms with Crippen molar-refractivity contribution in [3.8, 4) is 0 Å². The zero-order valence-corrected chi connectivity index (χ0v) is 8.93. The van der Waals surface area contributed by atoms with Crippen molar-refractivity contribution >= 4 is 17.9 Å². The normalized spacial score (nSPS) is 11.6. The van der Waals surface area contributed by atoms with Gasteiger partial charge in [-0.3, -0.25) is 9.59 Å². The molecule has 0 aliphatic rings. The van der Waals surface area contributed by atoms with Crippen LogP contribution >= 0.6 is 0 Å². The van der Waals surface area contributed by atoms with Crippen LogP contribution in [-0.2, 0) is 19.1 Å². The number of carbonyl (C=O) groups excluding carboxylic acids is 1. The zero-order chi connectivity index (χ0) is 12.7. The van der Waals surface area contributed by atoms with Crippen molar-refractivity contribution in [2.45, 2.75) is 19.3 Å². The molecule has 6 heteroatoms. The molecule has 0 fully saturated rings. The van der Waals surface area contributed by atoms with Crippen molar-refractivity contribution in [3.05, 3.63) is 12.2 Å². The molecule has 0 amide bonds. The molecule has 90 valence electrons. The van der Waals surface area contributed by atoms with E-state index in [0.29, 0.717) is 0 Å². The highest BCUT2D eigenvalue weighted by Crippen LogP contribution is 2.18. The van der Waals surface area contributed by atoms with Crippen LogP contribution in [0.25, 0.3) is 0 Å². The minimum atomic E-state index is -1.20. The van der Waals surface area contributed by atoms with Crippen LogP contribution in [-0.4, -0.2) is 35.2 Å². The molecule has 0 radical (unpaired) electrons. The summed E-state index contributed by atoms with van der Waals surface area (Å²) in [7, 11) is 1.17. The van der Waals surface area contributed by atoms with Crippen molar-refractivity contribution in [3.63, 3.8) is 0 Å². The molecule has 0 saturated carbocycles. The zero-order valence-electron chi connectivity index (χ0n) is 8.93. The van der Waals surface area contributed by atoms with Crippen molar-refractivity contribution in [2.24, 2.45) is 5.92 Å². The summed E-state index contributed by atoms with van der Waals surface area (Å²) >= 11 is 0. The van der Waals surface area contributed by atoms with Crippen LogP contribution in [0.5, 0.6) is 0 Å². The molecule has 1 unspecified atom stereocenters. The Balaban J connectivity index is 4.43. The van der Waals surface area contributed by atoms with Crippen molar-refractivity contribution < 1.29 is 29.3 Å². The maximum atomic E-state index is 11.2. The van der Waals surface area contributed by atoms with Crippen molar-refractivity contribution in [1.82, 2.24) is 0 Å². The van der Waals surface area contributed by atoms with E-state index in [0.717, 1.165) is 0 Å². The summed E-state index contributed by atoms with van der Waals surface area (Å²) in [5.74, 6) is -3.65. The molecule has 0 bridgehead atoms. The molecule has 2 N–H and O–H groups in total. The van der Waals surface area contributed by atoms with E-state index < -0.39 is 23.8 Å². The number of hydrogen-bond donors (Lipinski definition) is 2. The Morgan fingerprint density at radius 2 is 1.88 bits per heavy atom. The van der Waals surface area contributed by atoms with Gasteiger partial charge in [-0.05, 0) is 12.8 Å². The van der Waals surface area contributed by atoms with E-state index in [9.17, 15) is 14.4 Å². The predicted octanol–water partition coefficient (Wildman–Crippen LogP) is 0.671. The minimum absolute atomic E-state index is 0.0360. The lowest BCUT2D eigenvalue weighted by molar-refractivity contribution is -0.146. The van der Waals surface area contributed by atoms with Gasteiger partial charge in [-0.1, -0.05) is 6.58 Å². The van der Waals surface area contributed by atoms with Crippen molar-refractivity contribution in [1.29, 1.82) is 0 Å². The monoisotopic (exact) mass is 230 g/mol. The van der Waals surface area contributed by atoms with Gasteiger partial charge in [0.1, 0.15) is 0 Å². The molecule has 0 heterocycles. The number of ether oxygens (including phenoxy) is 1. The fourth-order valence-electron chi connectivity index (χ4n) is 1.15. The summed E-state index contributed by atoms with van der Waals surface area (Å²) in [6, 6.07) is 0. The molecule has 0 aromatic carbocycles. The number of carboxylic acid groups (broad SMARTS) is 2. The number of esters is 1. The summed E-state index contributed by atoms with van der Waals surface area (Å²) in [5, 5.41) is 17.1. The lowest BCUT2D eigenvalue weighted by Crippen LogP contribution is -2.19. The average Bonchev–Trinajstić information content (AvgIpc) is 2.22. The third kappa shape index (κ3) is 5.14. The van der Waals surface area contributed by atoms with Crippen LogP contribution in [0.4, 0.5) is 0 Å². The minimum Gasteiger partial charge on any atom is -0.481 e. The van der Waals surface area contributed by atoms with Gasteiger partial charge >= 0.3 is 17.9 Å². The Labute approximate surface area is 92.5 Å². The van der Waals surface area contributed by atoms with Crippen LogP contribution in [0.2, 0.25) is 0 Å². The van der Waals surface area contributed by atoms with Crippen LogP contribution < -0.4 is 0 Å². The van der Waals surface area contributed by atoms with E-state index in [1.54, 1.807) is 0 Å². The van der Waals surface area contributed by atoms with Crippen molar-refractivity contribution in [2.75, 3.05) is 7.11 Å². The van der Waals surface area contributed by atoms with Gasteiger partial charge in [0.25, 0.3) is 0 Å². The molecule has 16 heavy (non-hydrogen) atoms. The first-order valence-corrected chi connectivity index (χ1v) is 4.59. The van der Waals surface area contributed by atoms with E-state index in [4.69, 9.17) is 10.2 Å². The Hall–Kier alpha value is -1.85. The van der Waals surface area contributed by atoms with E-state index in [1.165, 1.54) is 7.11 Å². The second-order valence-corrected chi connectivity index (χ2v) is 3.27. The van der Waals surface area contributed by atoms with E-state index in [-0.39, 0.29) is 24.8 Å². The summed E-state index contributed by atoms with van der Waals surface area (Å²) in [6.45, 7) is 3.28. The lowest BCUT2D eigenvalue weighted by atomic mass is 9.95. The van der Waals surface area contributed by atoms with Crippen LogP contribution in [0, 0.1) is 5.92 Å². The SMILES string of the molecule is C=C(CC(CCC(=O)O)C(=O)OC)C(=O)O. The number of rotatable bonds is 7. The van der Waals surface area contributed by atoms with Gasteiger partial charge in [-0.15, -0.1) is 0 Å². The van der Waals surface area contributed by atoms with Gasteiger partial charge in [0, 0.05) is 12.0 Å². The van der Waals surface area contributed by atoms with E-state index >= 15 is 0 Å². The van der Waals surface area contributed by atoms with Crippen LogP contribution in [0.15, 0.2) is 12.2 Å². The molecule has 6 nitrogen and oxygen atoms in total. The first kappa shape index (κ1) is 14.2. The Bertz CT molecular complexity index is 306. The molecule has 0 rings (SSSR count). The number of carboxylic acids is 2. The fourth-order valence-corrected chi connectivity index (χ4v) is 1.15. The third-order valence-electron chi connectivity index (χ3n) is 2.04. The number of carbonyl (C=O) groups is 3. The molecule has 1 atom stereocenters. The molecular formula is C10H14O6. The summed E-state index contributed by atoms with van der Waals surface area (Å²) in [5.41, 5.74) is -0.138. The molecular weight excluding hydrogens is 216 g/mol. The Kier molecular flexibility index (Phi) is 5.84. The first-order valence-electron chi connectivity index (χ1n) is 4.59. The molecule has 0 spiro atoms. The molecule has 0 aliphatic carbocycles. The smallest absolute Gasteiger partial charge is 0.330 e. The highest BCUT2D eigenvalue weighted by atomic mass is 16.5. The second-order valence-electron chi connectivity index (χ2n) is 3.27. The maximum Gasteiger partial charge on any atom is 0.330 e. The fraction of sp³-hybridized carbons (Fsp3) is 0.500. The van der Waals surface area contributed by atoms with Crippen LogP contribution in [0.1, 0.15) is 19.3 Å². The molecule has 0 aromatic heterocycles. The maximum absolute atomic E-state index is 11.2. The number of hydrogen-bond acceptors (Lipinski definition) is 4. The average molecular weight is 230 g/mol. The van der Waals surface area contributed by atoms with Gasteiger partial charge < -0.3 is 14.9 Å². The third-order valence-corrected chi connectivity index (χ3v) is 2.04. The Morgan fingerprint density at radius 3 is 2.25 bits per heavy atom. The summed E-state index contributed by atoms with van der Waals surface area (Å²) in [6.07, 6.45) is -0.281. The summed E-state index contributed by atoms with van der Waals surface area (Å²) in [4.78, 5) is 32.1. The van der Waals surface area contributed by atoms with Crippen LogP contribution in [0.3, 0.4) is 0 Å². The van der Waals surface area contributed by atoms with Gasteiger partial charge in [0.05, 0.1) is 13.0 Å². The number of aliphatic carboxylic acids is 2. The standard InChI is InChI=1S/C10H14O6/c1-6(9(13)14)5-7(10(15)16-2)3-4-8(11)12/h7H,1,3-5H2,2H3,(H,11,12)(H,13,14). The second kappa shape index (κ2) is 6.60. The van der Waals surface area contributed by atoms with Gasteiger partial charge in [-0.2, -0.15) is 0 Å². The first-order chi connectivity index (χ1) is 7.38. The van der Waals surface area contributed by atoms with E-state index in [1.807, 2.05) is 0 Å². The van der Waals surface area contributed by atoms with E-state index in [2.05, 4.69) is 11.3 Å². The predicted molar refractivity (Wildman–Crippen MR) is 53.8 cm³/mol. The molecule has 0 aliphatic heterocycles. The highest BCUT2D eigenvalue weighted by Gasteiger charge is 2.23. The summed E-state index contributed by atoms with van der Waals surface area (Å²) < 4.78 is 4.46. The quantitative estimate of drug-likeness (QED) is 0.492. The highest BCUT2D eigenvalue weighted by molar-refractivity contribution is 5.87. The van der Waals surface area contributed by atoms with Gasteiger partial charge in [-0.25, -0.2) is 4.79 Å². The van der Waals surface area contributed by atoms with Gasteiger partial charge in [0.2, 0.25) is 0 Å².